The second-order valence-electron chi connectivity index (χ2n) is 12.2. The first-order valence-corrected chi connectivity index (χ1v) is 15.4. The predicted octanol–water partition coefficient (Wildman–Crippen LogP) is 6.11. The number of halogens is 2. The van der Waals surface area contributed by atoms with Gasteiger partial charge in [-0.2, -0.15) is 0 Å². The number of anilines is 2. The molecule has 1 amide bonds. The molecule has 260 valence electrons. The standard InChI is InChI=1S/C20H24N4O3.C15H16N4O.2ClH/c1-20(2,3)27-19(26)24-10-8-13(9-11-24)15-12-16(22-23-18(15)21)14-6-4-5-7-17(14)25;16-15-12(10-5-7-17-8-6-10)9-13(18-19-15)11-3-1-2-4-14(11)20;;/h4-8,12,25H,9-11H2,1-3H3,(H2,21,23);1-5,9,17,20H,6-8H2,(H2,16,19);2*1H. The van der Waals surface area contributed by atoms with Crippen LogP contribution in [-0.4, -0.2) is 73.4 Å². The highest BCUT2D eigenvalue weighted by Gasteiger charge is 2.25. The Balaban J connectivity index is 0.000000265. The van der Waals surface area contributed by atoms with Crippen LogP contribution in [0, 0.1) is 0 Å². The second kappa shape index (κ2) is 17.0. The van der Waals surface area contributed by atoms with Gasteiger partial charge in [-0.1, -0.05) is 36.4 Å². The fraction of sp³-hybridized carbons (Fsp3) is 0.286. The van der Waals surface area contributed by atoms with Crippen molar-refractivity contribution >= 4 is 53.7 Å². The summed E-state index contributed by atoms with van der Waals surface area (Å²) in [4.78, 5) is 13.9. The van der Waals surface area contributed by atoms with Crippen LogP contribution >= 0.6 is 24.8 Å². The van der Waals surface area contributed by atoms with Crippen LogP contribution in [0.2, 0.25) is 0 Å². The van der Waals surface area contributed by atoms with Gasteiger partial charge >= 0.3 is 6.09 Å². The average molecular weight is 710 g/mol. The quantitative estimate of drug-likeness (QED) is 0.165. The van der Waals surface area contributed by atoms with Crippen LogP contribution in [0.15, 0.2) is 72.8 Å². The van der Waals surface area contributed by atoms with E-state index in [1.165, 1.54) is 5.57 Å². The number of benzene rings is 2. The Morgan fingerprint density at radius 1 is 0.776 bits per heavy atom. The Hall–Kier alpha value is -4.91. The number of carbonyl (C=O) groups is 1. The molecule has 2 aliphatic heterocycles. The fourth-order valence-electron chi connectivity index (χ4n) is 5.23. The SMILES string of the molecule is CC(C)(C)OC(=O)N1CC=C(c2cc(-c3ccccc3O)nnc2N)CC1.Cl.Cl.Nc1nnc(-c2ccccc2O)cc1C1=CCNCC1. The van der Waals surface area contributed by atoms with Crippen molar-refractivity contribution in [3.63, 3.8) is 0 Å². The molecule has 49 heavy (non-hydrogen) atoms. The molecular formula is C35H42Cl2N8O4. The minimum atomic E-state index is -0.521. The van der Waals surface area contributed by atoms with Crippen molar-refractivity contribution in [2.45, 2.75) is 39.2 Å². The zero-order chi connectivity index (χ0) is 33.6. The lowest BCUT2D eigenvalue weighted by molar-refractivity contribution is 0.0270. The van der Waals surface area contributed by atoms with Crippen LogP contribution in [-0.2, 0) is 4.74 Å². The molecule has 7 N–H and O–H groups in total. The number of para-hydroxylation sites is 2. The van der Waals surface area contributed by atoms with Crippen molar-refractivity contribution in [1.82, 2.24) is 30.6 Å². The lowest BCUT2D eigenvalue weighted by Crippen LogP contribution is -2.39. The molecule has 0 saturated heterocycles. The summed E-state index contributed by atoms with van der Waals surface area (Å²) in [6.45, 7) is 8.29. The summed E-state index contributed by atoms with van der Waals surface area (Å²) < 4.78 is 5.41. The van der Waals surface area contributed by atoms with Crippen LogP contribution in [0.25, 0.3) is 33.7 Å². The fourth-order valence-corrected chi connectivity index (χ4v) is 5.23. The third-order valence-corrected chi connectivity index (χ3v) is 7.62. The minimum Gasteiger partial charge on any atom is -0.507 e. The average Bonchev–Trinajstić information content (AvgIpc) is 3.06. The third-order valence-electron chi connectivity index (χ3n) is 7.62. The summed E-state index contributed by atoms with van der Waals surface area (Å²) in [6.07, 6.45) is 5.29. The van der Waals surface area contributed by atoms with Crippen LogP contribution in [0.5, 0.6) is 11.5 Å². The zero-order valence-corrected chi connectivity index (χ0v) is 29.2. The second-order valence-corrected chi connectivity index (χ2v) is 12.2. The van der Waals surface area contributed by atoms with Crippen molar-refractivity contribution in [3.05, 3.63) is 83.9 Å². The first kappa shape index (κ1) is 38.5. The molecule has 0 fully saturated rings. The number of nitrogens with one attached hydrogen (secondary N) is 1. The van der Waals surface area contributed by atoms with E-state index in [0.717, 1.165) is 36.2 Å². The molecule has 4 aromatic rings. The Morgan fingerprint density at radius 3 is 1.71 bits per heavy atom. The van der Waals surface area contributed by atoms with E-state index < -0.39 is 5.60 Å². The molecule has 0 spiro atoms. The van der Waals surface area contributed by atoms with Gasteiger partial charge in [0.15, 0.2) is 11.6 Å². The number of phenols is 2. The Morgan fingerprint density at radius 2 is 1.29 bits per heavy atom. The number of aromatic nitrogens is 4. The Labute approximate surface area is 298 Å². The Bertz CT molecular complexity index is 1830. The number of nitrogens with two attached hydrogens (primary N) is 2. The van der Waals surface area contributed by atoms with E-state index in [1.54, 1.807) is 35.2 Å². The number of amides is 1. The maximum atomic E-state index is 12.2. The molecule has 0 atom stereocenters. The first-order chi connectivity index (χ1) is 22.5. The summed E-state index contributed by atoms with van der Waals surface area (Å²) in [6, 6.07) is 17.8. The van der Waals surface area contributed by atoms with E-state index in [-0.39, 0.29) is 42.4 Å². The molecule has 12 nitrogen and oxygen atoms in total. The summed E-state index contributed by atoms with van der Waals surface area (Å²) in [5.74, 6) is 1.08. The van der Waals surface area contributed by atoms with Crippen molar-refractivity contribution in [2.24, 2.45) is 0 Å². The number of hydrogen-bond donors (Lipinski definition) is 5. The number of hydrogen-bond acceptors (Lipinski definition) is 11. The van der Waals surface area contributed by atoms with Crippen LogP contribution in [0.4, 0.5) is 16.4 Å². The molecule has 2 aliphatic rings. The molecule has 4 heterocycles. The molecule has 0 bridgehead atoms. The molecule has 2 aromatic heterocycles. The van der Waals surface area contributed by atoms with E-state index in [2.05, 4.69) is 31.8 Å². The van der Waals surface area contributed by atoms with Gasteiger partial charge in [0.2, 0.25) is 0 Å². The van der Waals surface area contributed by atoms with E-state index in [9.17, 15) is 15.0 Å². The lowest BCUT2D eigenvalue weighted by atomic mass is 9.98. The van der Waals surface area contributed by atoms with Gasteiger partial charge in [0, 0.05) is 41.9 Å². The zero-order valence-electron chi connectivity index (χ0n) is 27.6. The highest BCUT2D eigenvalue weighted by Crippen LogP contribution is 2.33. The molecule has 0 unspecified atom stereocenters. The van der Waals surface area contributed by atoms with Crippen molar-refractivity contribution in [3.8, 4) is 34.0 Å². The molecule has 2 aromatic carbocycles. The van der Waals surface area contributed by atoms with Gasteiger partial charge < -0.3 is 36.6 Å². The van der Waals surface area contributed by atoms with Crippen molar-refractivity contribution in [1.29, 1.82) is 0 Å². The summed E-state index contributed by atoms with van der Waals surface area (Å²) in [5, 5.41) is 39.5. The number of nitrogens with zero attached hydrogens (tertiary/aromatic N) is 5. The van der Waals surface area contributed by atoms with Crippen molar-refractivity contribution in [2.75, 3.05) is 37.6 Å². The number of rotatable bonds is 4. The number of carbonyl (C=O) groups excluding carboxylic acids is 1. The van der Waals surface area contributed by atoms with Gasteiger partial charge in [0.25, 0.3) is 0 Å². The minimum absolute atomic E-state index is 0. The van der Waals surface area contributed by atoms with Gasteiger partial charge in [-0.15, -0.1) is 45.2 Å². The summed E-state index contributed by atoms with van der Waals surface area (Å²) in [5.41, 5.74) is 17.7. The topological polar surface area (TPSA) is 186 Å². The van der Waals surface area contributed by atoms with Crippen LogP contribution in [0.3, 0.4) is 0 Å². The number of phenolic OH excluding ortho intramolecular Hbond substituents is 2. The van der Waals surface area contributed by atoms with Crippen LogP contribution < -0.4 is 16.8 Å². The van der Waals surface area contributed by atoms with Crippen molar-refractivity contribution < 1.29 is 19.7 Å². The highest BCUT2D eigenvalue weighted by atomic mass is 35.5. The van der Waals surface area contributed by atoms with E-state index in [4.69, 9.17) is 16.2 Å². The molecule has 0 radical (unpaired) electrons. The third kappa shape index (κ3) is 9.82. The first-order valence-electron chi connectivity index (χ1n) is 15.4. The largest absolute Gasteiger partial charge is 0.507 e. The van der Waals surface area contributed by atoms with Gasteiger partial charge in [-0.25, -0.2) is 4.79 Å². The smallest absolute Gasteiger partial charge is 0.410 e. The van der Waals surface area contributed by atoms with E-state index in [1.807, 2.05) is 57.2 Å². The van der Waals surface area contributed by atoms with E-state index in [0.29, 0.717) is 53.7 Å². The lowest BCUT2D eigenvalue weighted by Gasteiger charge is -2.29. The van der Waals surface area contributed by atoms with Gasteiger partial charge in [-0.3, -0.25) is 0 Å². The van der Waals surface area contributed by atoms with Gasteiger partial charge in [0.1, 0.15) is 17.1 Å². The molecule has 0 saturated carbocycles. The molecular weight excluding hydrogens is 667 g/mol. The van der Waals surface area contributed by atoms with Gasteiger partial charge in [-0.05, 0) is 87.7 Å². The number of nitrogen functional groups attached to an aromatic ring is 2. The summed E-state index contributed by atoms with van der Waals surface area (Å²) in [7, 11) is 0. The molecule has 6 rings (SSSR count). The van der Waals surface area contributed by atoms with Crippen LogP contribution in [0.1, 0.15) is 44.7 Å². The predicted molar refractivity (Wildman–Crippen MR) is 197 cm³/mol. The molecule has 0 aliphatic carbocycles. The highest BCUT2D eigenvalue weighted by molar-refractivity contribution is 5.86. The maximum Gasteiger partial charge on any atom is 0.410 e. The maximum absolute atomic E-state index is 12.2. The Kier molecular flexibility index (Phi) is 13.3. The number of ether oxygens (including phenoxy) is 1. The monoisotopic (exact) mass is 708 g/mol. The number of aromatic hydroxyl groups is 2. The molecule has 14 heteroatoms. The summed E-state index contributed by atoms with van der Waals surface area (Å²) >= 11 is 0. The normalized spacial score (nSPS) is 14.1. The van der Waals surface area contributed by atoms with E-state index >= 15 is 0 Å². The van der Waals surface area contributed by atoms with Gasteiger partial charge in [0.05, 0.1) is 11.4 Å².